The molecule has 0 spiro atoms. The molecule has 3 aromatic heterocycles. The molecule has 0 saturated heterocycles. The fraction of sp³-hybridized carbons (Fsp3) is 0.316. The number of benzene rings is 1. The Morgan fingerprint density at radius 3 is 2.74 bits per heavy atom. The van der Waals surface area contributed by atoms with E-state index in [-0.39, 0.29) is 12.4 Å². The van der Waals surface area contributed by atoms with E-state index in [1.165, 1.54) is 5.56 Å². The van der Waals surface area contributed by atoms with Crippen LogP contribution in [-0.4, -0.2) is 19.9 Å². The Kier molecular flexibility index (Phi) is 4.53. The van der Waals surface area contributed by atoms with Crippen molar-refractivity contribution in [3.63, 3.8) is 0 Å². The minimum Gasteiger partial charge on any atom is -0.333 e. The highest BCUT2D eigenvalue weighted by Crippen LogP contribution is 2.39. The molecule has 1 fully saturated rings. The van der Waals surface area contributed by atoms with E-state index >= 15 is 0 Å². The molecule has 27 heavy (non-hydrogen) atoms. The first kappa shape index (κ1) is 18.2. The van der Waals surface area contributed by atoms with Gasteiger partial charge in [-0.3, -0.25) is 4.68 Å². The largest absolute Gasteiger partial charge is 0.333 e. The molecule has 140 valence electrons. The summed E-state index contributed by atoms with van der Waals surface area (Å²) in [5, 5.41) is 9.95. The molecule has 0 unspecified atom stereocenters. The molecule has 0 atom stereocenters. The maximum atomic E-state index is 6.31. The number of thiophene rings is 1. The maximum absolute atomic E-state index is 6.31. The molecule has 0 radical (unpaired) electrons. The average molecular weight is 402 g/mol. The van der Waals surface area contributed by atoms with Crippen LogP contribution in [0.4, 0.5) is 0 Å². The lowest BCUT2D eigenvalue weighted by atomic mass is 9.77. The van der Waals surface area contributed by atoms with Gasteiger partial charge in [0.1, 0.15) is 4.83 Å². The number of hydrogen-bond acceptors (Lipinski definition) is 6. The van der Waals surface area contributed by atoms with E-state index in [0.29, 0.717) is 11.7 Å². The van der Waals surface area contributed by atoms with Gasteiger partial charge in [0.05, 0.1) is 22.7 Å². The Labute approximate surface area is 166 Å². The molecule has 1 aromatic carbocycles. The molecule has 1 aliphatic rings. The number of nitrogens with zero attached hydrogens (tertiary/aromatic N) is 4. The van der Waals surface area contributed by atoms with Gasteiger partial charge >= 0.3 is 0 Å². The van der Waals surface area contributed by atoms with Crippen molar-refractivity contribution < 1.29 is 4.52 Å². The van der Waals surface area contributed by atoms with E-state index in [2.05, 4.69) is 33.4 Å². The van der Waals surface area contributed by atoms with Crippen LogP contribution in [0.2, 0.25) is 0 Å². The van der Waals surface area contributed by atoms with Crippen LogP contribution in [-0.2, 0) is 12.1 Å². The number of hydrogen-bond donors (Lipinski definition) is 1. The van der Waals surface area contributed by atoms with Gasteiger partial charge in [-0.25, -0.2) is 0 Å². The SMILES string of the molecule is Cc1nn(Cc2ccccc2)c2sc(-c3nc(C4(N)CCC4)no3)cc12.Cl. The predicted molar refractivity (Wildman–Crippen MR) is 108 cm³/mol. The third kappa shape index (κ3) is 3.05. The van der Waals surface area contributed by atoms with Gasteiger partial charge in [0.2, 0.25) is 0 Å². The molecule has 5 rings (SSSR count). The second kappa shape index (κ2) is 6.74. The van der Waals surface area contributed by atoms with Crippen molar-refractivity contribution in [2.45, 2.75) is 38.3 Å². The summed E-state index contributed by atoms with van der Waals surface area (Å²) in [7, 11) is 0. The molecule has 4 aromatic rings. The van der Waals surface area contributed by atoms with Crippen LogP contribution in [0.25, 0.3) is 21.0 Å². The van der Waals surface area contributed by atoms with Crippen molar-refractivity contribution in [1.29, 1.82) is 0 Å². The number of aromatic nitrogens is 4. The van der Waals surface area contributed by atoms with Crippen molar-refractivity contribution in [2.24, 2.45) is 5.73 Å². The molecular weight excluding hydrogens is 382 g/mol. The molecule has 6 nitrogen and oxygen atoms in total. The Morgan fingerprint density at radius 1 is 1.26 bits per heavy atom. The van der Waals surface area contributed by atoms with Gasteiger partial charge < -0.3 is 10.3 Å². The molecule has 3 heterocycles. The summed E-state index contributed by atoms with van der Waals surface area (Å²) in [6.07, 6.45) is 2.96. The number of rotatable bonds is 4. The van der Waals surface area contributed by atoms with E-state index in [1.807, 2.05) is 29.8 Å². The van der Waals surface area contributed by atoms with Crippen LogP contribution in [0.5, 0.6) is 0 Å². The van der Waals surface area contributed by atoms with E-state index in [9.17, 15) is 0 Å². The minimum absolute atomic E-state index is 0. The topological polar surface area (TPSA) is 82.8 Å². The Bertz CT molecular complexity index is 1080. The van der Waals surface area contributed by atoms with Gasteiger partial charge in [-0.1, -0.05) is 35.5 Å². The lowest BCUT2D eigenvalue weighted by molar-refractivity contribution is 0.229. The van der Waals surface area contributed by atoms with Crippen molar-refractivity contribution >= 4 is 34.0 Å². The summed E-state index contributed by atoms with van der Waals surface area (Å²) in [4.78, 5) is 6.65. The summed E-state index contributed by atoms with van der Waals surface area (Å²) in [6, 6.07) is 12.4. The first-order valence-corrected chi connectivity index (χ1v) is 9.58. The van der Waals surface area contributed by atoms with Gasteiger partial charge in [0, 0.05) is 5.39 Å². The number of fused-ring (bicyclic) bond motifs is 1. The van der Waals surface area contributed by atoms with E-state index in [4.69, 9.17) is 10.3 Å². The fourth-order valence-corrected chi connectivity index (χ4v) is 4.47. The highest BCUT2D eigenvalue weighted by atomic mass is 35.5. The molecule has 1 aliphatic carbocycles. The van der Waals surface area contributed by atoms with Crippen LogP contribution >= 0.6 is 23.7 Å². The van der Waals surface area contributed by atoms with Crippen molar-refractivity contribution in [2.75, 3.05) is 0 Å². The van der Waals surface area contributed by atoms with Crippen LogP contribution in [0.15, 0.2) is 40.9 Å². The first-order valence-electron chi connectivity index (χ1n) is 8.77. The van der Waals surface area contributed by atoms with Crippen LogP contribution in [0, 0.1) is 6.92 Å². The first-order chi connectivity index (χ1) is 12.6. The quantitative estimate of drug-likeness (QED) is 0.552. The zero-order valence-corrected chi connectivity index (χ0v) is 16.5. The Hall–Kier alpha value is -2.22. The zero-order chi connectivity index (χ0) is 17.7. The third-order valence-corrected chi connectivity index (χ3v) is 6.25. The number of aryl methyl sites for hydroxylation is 1. The van der Waals surface area contributed by atoms with Gasteiger partial charge in [-0.2, -0.15) is 10.1 Å². The lowest BCUT2D eigenvalue weighted by Crippen LogP contribution is -2.44. The van der Waals surface area contributed by atoms with Crippen molar-refractivity contribution in [1.82, 2.24) is 19.9 Å². The molecule has 0 aliphatic heterocycles. The predicted octanol–water partition coefficient (Wildman–Crippen LogP) is 4.26. The summed E-state index contributed by atoms with van der Waals surface area (Å²) in [5.41, 5.74) is 8.14. The molecule has 0 bridgehead atoms. The van der Waals surface area contributed by atoms with E-state index < -0.39 is 5.54 Å². The zero-order valence-electron chi connectivity index (χ0n) is 14.9. The normalized spacial score (nSPS) is 15.5. The molecule has 1 saturated carbocycles. The summed E-state index contributed by atoms with van der Waals surface area (Å²) >= 11 is 1.63. The monoisotopic (exact) mass is 401 g/mol. The van der Waals surface area contributed by atoms with Gasteiger partial charge in [-0.15, -0.1) is 23.7 Å². The van der Waals surface area contributed by atoms with Crippen LogP contribution in [0.3, 0.4) is 0 Å². The van der Waals surface area contributed by atoms with Crippen molar-refractivity contribution in [3.8, 4) is 10.8 Å². The van der Waals surface area contributed by atoms with E-state index in [0.717, 1.165) is 46.6 Å². The van der Waals surface area contributed by atoms with Crippen molar-refractivity contribution in [3.05, 3.63) is 53.5 Å². The summed E-state index contributed by atoms with van der Waals surface area (Å²) in [6.45, 7) is 2.77. The molecule has 0 amide bonds. The standard InChI is InChI=1S/C19H19N5OS.ClH/c1-12-14-10-15(16-21-18(23-25-16)19(20)8-5-9-19)26-17(14)24(22-12)11-13-6-3-2-4-7-13;/h2-4,6-7,10H,5,8-9,11,20H2,1H3;1H. The average Bonchev–Trinajstić information content (AvgIpc) is 3.31. The molecule has 2 N–H and O–H groups in total. The van der Waals surface area contributed by atoms with Gasteiger partial charge in [-0.05, 0) is 37.8 Å². The Morgan fingerprint density at radius 2 is 2.04 bits per heavy atom. The maximum Gasteiger partial charge on any atom is 0.268 e. The summed E-state index contributed by atoms with van der Waals surface area (Å²) < 4.78 is 7.55. The van der Waals surface area contributed by atoms with Gasteiger partial charge in [0.15, 0.2) is 5.82 Å². The molecule has 8 heteroatoms. The highest BCUT2D eigenvalue weighted by Gasteiger charge is 2.39. The highest BCUT2D eigenvalue weighted by molar-refractivity contribution is 7.21. The minimum atomic E-state index is -0.404. The molecular formula is C19H20ClN5OS. The fourth-order valence-electron chi connectivity index (χ4n) is 3.39. The summed E-state index contributed by atoms with van der Waals surface area (Å²) in [5.74, 6) is 1.17. The van der Waals surface area contributed by atoms with Crippen LogP contribution in [0.1, 0.15) is 36.3 Å². The second-order valence-electron chi connectivity index (χ2n) is 6.99. The Balaban J connectivity index is 0.00000180. The number of halogens is 1. The van der Waals surface area contributed by atoms with E-state index in [1.54, 1.807) is 11.3 Å². The number of nitrogens with two attached hydrogens (primary N) is 1. The smallest absolute Gasteiger partial charge is 0.268 e. The lowest BCUT2D eigenvalue weighted by Gasteiger charge is -2.34. The second-order valence-corrected chi connectivity index (χ2v) is 8.02. The third-order valence-electron chi connectivity index (χ3n) is 5.11. The van der Waals surface area contributed by atoms with Crippen LogP contribution < -0.4 is 5.73 Å². The van der Waals surface area contributed by atoms with Gasteiger partial charge in [0.25, 0.3) is 5.89 Å².